The second-order valence-corrected chi connectivity index (χ2v) is 8.19. The molecule has 1 amide bonds. The van der Waals surface area contributed by atoms with Crippen molar-refractivity contribution in [3.63, 3.8) is 0 Å². The second-order valence-electron chi connectivity index (χ2n) is 6.42. The summed E-state index contributed by atoms with van der Waals surface area (Å²) in [6.07, 6.45) is -0.00291. The number of sulfonamides is 1. The molecule has 1 aliphatic rings. The van der Waals surface area contributed by atoms with E-state index in [-0.39, 0.29) is 23.8 Å². The van der Waals surface area contributed by atoms with Crippen molar-refractivity contribution in [3.8, 4) is 23.0 Å². The molecule has 0 spiro atoms. The number of amides is 1. The molecule has 9 nitrogen and oxygen atoms in total. The molecule has 2 aromatic carbocycles. The number of rotatable bonds is 9. The number of hydrogen-bond acceptors (Lipinski definition) is 7. The van der Waals surface area contributed by atoms with E-state index in [9.17, 15) is 13.2 Å². The maximum absolute atomic E-state index is 12.4. The van der Waals surface area contributed by atoms with Gasteiger partial charge in [0.25, 0.3) is 0 Å². The zero-order valence-electron chi connectivity index (χ0n) is 16.8. The highest BCUT2D eigenvalue weighted by Crippen LogP contribution is 2.31. The summed E-state index contributed by atoms with van der Waals surface area (Å²) in [5, 5.41) is 2.76. The highest BCUT2D eigenvalue weighted by Gasteiger charge is 2.17. The molecule has 0 atom stereocenters. The third-order valence-corrected chi connectivity index (χ3v) is 5.86. The van der Waals surface area contributed by atoms with Crippen molar-refractivity contribution in [1.29, 1.82) is 0 Å². The van der Waals surface area contributed by atoms with Crippen LogP contribution in [0, 0.1) is 0 Å². The number of hydrogen-bond donors (Lipinski definition) is 2. The van der Waals surface area contributed by atoms with Crippen molar-refractivity contribution in [1.82, 2.24) is 10.0 Å². The van der Waals surface area contributed by atoms with Gasteiger partial charge >= 0.3 is 0 Å². The van der Waals surface area contributed by atoms with Gasteiger partial charge in [0.2, 0.25) is 15.9 Å². The van der Waals surface area contributed by atoms with Gasteiger partial charge < -0.3 is 24.3 Å². The molecule has 0 radical (unpaired) electrons. The van der Waals surface area contributed by atoms with Gasteiger partial charge in [-0.3, -0.25) is 4.79 Å². The van der Waals surface area contributed by atoms with Crippen LogP contribution in [0.4, 0.5) is 0 Å². The van der Waals surface area contributed by atoms with Gasteiger partial charge in [0.05, 0.1) is 19.1 Å². The lowest BCUT2D eigenvalue weighted by Crippen LogP contribution is -2.30. The fourth-order valence-electron chi connectivity index (χ4n) is 2.85. The van der Waals surface area contributed by atoms with Gasteiger partial charge in [0, 0.05) is 25.6 Å². The van der Waals surface area contributed by atoms with Gasteiger partial charge in [0.1, 0.15) is 13.2 Å². The van der Waals surface area contributed by atoms with E-state index in [4.69, 9.17) is 18.9 Å². The van der Waals surface area contributed by atoms with Crippen LogP contribution in [-0.2, 0) is 21.4 Å². The summed E-state index contributed by atoms with van der Waals surface area (Å²) in [5.41, 5.74) is 0.860. The first-order valence-corrected chi connectivity index (χ1v) is 10.8. The first kappa shape index (κ1) is 21.7. The zero-order chi connectivity index (χ0) is 21.6. The Morgan fingerprint density at radius 3 is 2.47 bits per heavy atom. The first-order valence-electron chi connectivity index (χ1n) is 9.30. The third kappa shape index (κ3) is 5.33. The zero-order valence-corrected chi connectivity index (χ0v) is 17.6. The Labute approximate surface area is 175 Å². The Bertz CT molecular complexity index is 1010. The molecule has 0 aliphatic carbocycles. The lowest BCUT2D eigenvalue weighted by Gasteiger charge is -2.19. The Kier molecular flexibility index (Phi) is 7.01. The van der Waals surface area contributed by atoms with Gasteiger partial charge in [0.15, 0.2) is 23.0 Å². The fourth-order valence-corrected chi connectivity index (χ4v) is 3.90. The summed E-state index contributed by atoms with van der Waals surface area (Å²) < 4.78 is 48.5. The van der Waals surface area contributed by atoms with E-state index < -0.39 is 10.0 Å². The van der Waals surface area contributed by atoms with E-state index in [1.807, 2.05) is 12.1 Å². The van der Waals surface area contributed by atoms with Crippen LogP contribution in [0.2, 0.25) is 0 Å². The summed E-state index contributed by atoms with van der Waals surface area (Å²) >= 11 is 0. The monoisotopic (exact) mass is 436 g/mol. The number of ether oxygens (including phenoxy) is 4. The highest BCUT2D eigenvalue weighted by molar-refractivity contribution is 7.89. The van der Waals surface area contributed by atoms with Crippen molar-refractivity contribution in [3.05, 3.63) is 42.0 Å². The molecular weight excluding hydrogens is 412 g/mol. The lowest BCUT2D eigenvalue weighted by atomic mass is 10.2. The molecule has 30 heavy (non-hydrogen) atoms. The van der Waals surface area contributed by atoms with Crippen molar-refractivity contribution in [2.24, 2.45) is 0 Å². The van der Waals surface area contributed by atoms with Gasteiger partial charge in [-0.2, -0.15) is 0 Å². The Morgan fingerprint density at radius 1 is 1.00 bits per heavy atom. The minimum Gasteiger partial charge on any atom is -0.493 e. The maximum Gasteiger partial charge on any atom is 0.240 e. The molecule has 162 valence electrons. The molecule has 3 rings (SSSR count). The SMILES string of the molecule is COc1ccc(S(=O)(=O)NCCC(=O)NCc2ccc3c(c2)OCCO3)cc1OC. The molecular formula is C20H24N2O7S. The molecule has 1 heterocycles. The molecule has 2 aromatic rings. The van der Waals surface area contributed by atoms with E-state index in [1.165, 1.54) is 32.4 Å². The van der Waals surface area contributed by atoms with Crippen LogP contribution >= 0.6 is 0 Å². The van der Waals surface area contributed by atoms with Crippen LogP contribution in [-0.4, -0.2) is 48.3 Å². The average molecular weight is 436 g/mol. The number of carbonyl (C=O) groups is 1. The third-order valence-electron chi connectivity index (χ3n) is 4.41. The van der Waals surface area contributed by atoms with E-state index in [2.05, 4.69) is 10.0 Å². The van der Waals surface area contributed by atoms with Crippen molar-refractivity contribution in [2.45, 2.75) is 17.9 Å². The number of fused-ring (bicyclic) bond motifs is 1. The normalized spacial score (nSPS) is 12.9. The standard InChI is InChI=1S/C20H24N2O7S/c1-26-16-6-4-15(12-18(16)27-2)30(24,25)22-8-7-20(23)21-13-14-3-5-17-19(11-14)29-10-9-28-17/h3-6,11-12,22H,7-10,13H2,1-2H3,(H,21,23). The highest BCUT2D eigenvalue weighted by atomic mass is 32.2. The molecule has 0 aromatic heterocycles. The average Bonchev–Trinajstić information content (AvgIpc) is 2.76. The number of carbonyl (C=O) groups excluding carboxylic acids is 1. The van der Waals surface area contributed by atoms with Crippen LogP contribution in [0.15, 0.2) is 41.3 Å². The quantitative estimate of drug-likeness (QED) is 0.612. The summed E-state index contributed by atoms with van der Waals surface area (Å²) in [4.78, 5) is 12.1. The van der Waals surface area contributed by atoms with Crippen LogP contribution in [0.1, 0.15) is 12.0 Å². The molecule has 0 saturated carbocycles. The minimum atomic E-state index is -3.79. The largest absolute Gasteiger partial charge is 0.493 e. The summed E-state index contributed by atoms with van der Waals surface area (Å²) in [6.45, 7) is 1.27. The molecule has 10 heteroatoms. The summed E-state index contributed by atoms with van der Waals surface area (Å²) in [5.74, 6) is 1.78. The molecule has 0 fully saturated rings. The first-order chi connectivity index (χ1) is 14.4. The predicted molar refractivity (Wildman–Crippen MR) is 109 cm³/mol. The Balaban J connectivity index is 1.49. The lowest BCUT2D eigenvalue weighted by molar-refractivity contribution is -0.121. The number of nitrogens with one attached hydrogen (secondary N) is 2. The van der Waals surface area contributed by atoms with E-state index in [0.717, 1.165) is 5.56 Å². The summed E-state index contributed by atoms with van der Waals surface area (Å²) in [7, 11) is -0.896. The molecule has 1 aliphatic heterocycles. The van der Waals surface area contributed by atoms with Crippen molar-refractivity contribution in [2.75, 3.05) is 34.0 Å². The fraction of sp³-hybridized carbons (Fsp3) is 0.350. The van der Waals surface area contributed by atoms with Crippen LogP contribution in [0.5, 0.6) is 23.0 Å². The molecule has 0 saturated heterocycles. The van der Waals surface area contributed by atoms with E-state index in [1.54, 1.807) is 6.07 Å². The van der Waals surface area contributed by atoms with Gasteiger partial charge in [-0.1, -0.05) is 6.07 Å². The van der Waals surface area contributed by atoms with Crippen molar-refractivity contribution < 1.29 is 32.2 Å². The van der Waals surface area contributed by atoms with Gasteiger partial charge in [-0.05, 0) is 29.8 Å². The van der Waals surface area contributed by atoms with Crippen LogP contribution < -0.4 is 29.0 Å². The second kappa shape index (κ2) is 9.68. The van der Waals surface area contributed by atoms with Gasteiger partial charge in [-0.25, -0.2) is 13.1 Å². The number of methoxy groups -OCH3 is 2. The van der Waals surface area contributed by atoms with Crippen LogP contribution in [0.3, 0.4) is 0 Å². The van der Waals surface area contributed by atoms with Crippen molar-refractivity contribution >= 4 is 15.9 Å². The molecule has 0 bridgehead atoms. The topological polar surface area (TPSA) is 112 Å². The smallest absolute Gasteiger partial charge is 0.240 e. The maximum atomic E-state index is 12.4. The Morgan fingerprint density at radius 2 is 1.73 bits per heavy atom. The molecule has 0 unspecified atom stereocenters. The predicted octanol–water partition coefficient (Wildman–Crippen LogP) is 1.46. The summed E-state index contributed by atoms with van der Waals surface area (Å²) in [6, 6.07) is 9.73. The van der Waals surface area contributed by atoms with E-state index in [0.29, 0.717) is 42.8 Å². The molecule has 2 N–H and O–H groups in total. The Hall–Kier alpha value is -2.98. The van der Waals surface area contributed by atoms with Gasteiger partial charge in [-0.15, -0.1) is 0 Å². The minimum absolute atomic E-state index is 0.00291. The van der Waals surface area contributed by atoms with E-state index >= 15 is 0 Å². The number of benzene rings is 2. The van der Waals surface area contributed by atoms with Crippen LogP contribution in [0.25, 0.3) is 0 Å².